The highest BCUT2D eigenvalue weighted by molar-refractivity contribution is 6.39. The fourth-order valence-corrected chi connectivity index (χ4v) is 3.89. The van der Waals surface area contributed by atoms with E-state index in [-0.39, 0.29) is 11.3 Å². The summed E-state index contributed by atoms with van der Waals surface area (Å²) in [4.78, 5) is 41.4. The van der Waals surface area contributed by atoms with Crippen LogP contribution in [-0.4, -0.2) is 50.8 Å². The second kappa shape index (κ2) is 9.23. The van der Waals surface area contributed by atoms with Crippen LogP contribution in [-0.2, 0) is 14.3 Å². The van der Waals surface area contributed by atoms with E-state index >= 15 is 0 Å². The van der Waals surface area contributed by atoms with E-state index in [0.717, 1.165) is 29.2 Å². The SMILES string of the molecule is CCOc1ccccc1N1C(=O)NC(=O)/C(=C\c2ccc(N3CCOCC3)c(C)c2)C1=O. The fourth-order valence-electron chi connectivity index (χ4n) is 3.89. The number of hydrogen-bond acceptors (Lipinski definition) is 6. The highest BCUT2D eigenvalue weighted by atomic mass is 16.5. The first kappa shape index (κ1) is 21.6. The average Bonchev–Trinajstić information content (AvgIpc) is 2.78. The van der Waals surface area contributed by atoms with E-state index in [1.54, 1.807) is 24.3 Å². The number of benzene rings is 2. The molecule has 0 aromatic heterocycles. The Kier molecular flexibility index (Phi) is 6.23. The predicted octanol–water partition coefficient (Wildman–Crippen LogP) is 2.90. The van der Waals surface area contributed by atoms with Crippen molar-refractivity contribution in [3.05, 3.63) is 59.2 Å². The Hall–Kier alpha value is -3.65. The van der Waals surface area contributed by atoms with Crippen LogP contribution in [0.5, 0.6) is 5.75 Å². The summed E-state index contributed by atoms with van der Waals surface area (Å²) in [6, 6.07) is 11.7. The summed E-state index contributed by atoms with van der Waals surface area (Å²) < 4.78 is 11.0. The predicted molar refractivity (Wildman–Crippen MR) is 121 cm³/mol. The third-order valence-electron chi connectivity index (χ3n) is 5.39. The Bertz CT molecular complexity index is 1090. The van der Waals surface area contributed by atoms with E-state index in [1.807, 2.05) is 32.0 Å². The number of hydrogen-bond donors (Lipinski definition) is 1. The summed E-state index contributed by atoms with van der Waals surface area (Å²) >= 11 is 0. The summed E-state index contributed by atoms with van der Waals surface area (Å²) in [7, 11) is 0. The maximum Gasteiger partial charge on any atom is 0.336 e. The van der Waals surface area contributed by atoms with Crippen LogP contribution in [0.4, 0.5) is 16.2 Å². The van der Waals surface area contributed by atoms with Crippen molar-refractivity contribution in [3.8, 4) is 5.75 Å². The Morgan fingerprint density at radius 2 is 1.81 bits per heavy atom. The Balaban J connectivity index is 1.66. The number of nitrogens with one attached hydrogen (secondary N) is 1. The quantitative estimate of drug-likeness (QED) is 0.574. The van der Waals surface area contributed by atoms with Gasteiger partial charge in [0.15, 0.2) is 0 Å². The molecule has 32 heavy (non-hydrogen) atoms. The van der Waals surface area contributed by atoms with Crippen molar-refractivity contribution >= 4 is 35.3 Å². The first-order valence-electron chi connectivity index (χ1n) is 10.6. The van der Waals surface area contributed by atoms with Crippen LogP contribution in [0.2, 0.25) is 0 Å². The first-order chi connectivity index (χ1) is 15.5. The lowest BCUT2D eigenvalue weighted by molar-refractivity contribution is -0.122. The van der Waals surface area contributed by atoms with E-state index in [2.05, 4.69) is 10.2 Å². The number of para-hydroxylation sites is 2. The second-order valence-corrected chi connectivity index (χ2v) is 7.50. The van der Waals surface area contributed by atoms with Gasteiger partial charge in [-0.1, -0.05) is 18.2 Å². The molecule has 0 aliphatic carbocycles. The standard InChI is InChI=1S/C24H25N3O5/c1-3-32-21-7-5-4-6-20(21)27-23(29)18(22(28)25-24(27)30)15-17-8-9-19(16(2)14-17)26-10-12-31-13-11-26/h4-9,14-15H,3,10-13H2,1-2H3,(H,25,28,30)/b18-15+. The molecule has 0 unspecified atom stereocenters. The van der Waals surface area contributed by atoms with Crippen LogP contribution in [0.3, 0.4) is 0 Å². The monoisotopic (exact) mass is 435 g/mol. The van der Waals surface area contributed by atoms with Gasteiger partial charge >= 0.3 is 6.03 Å². The van der Waals surface area contributed by atoms with Gasteiger partial charge in [0.1, 0.15) is 11.3 Å². The van der Waals surface area contributed by atoms with Gasteiger partial charge in [-0.15, -0.1) is 0 Å². The molecule has 1 N–H and O–H groups in total. The first-order valence-corrected chi connectivity index (χ1v) is 10.6. The van der Waals surface area contributed by atoms with Crippen molar-refractivity contribution in [1.29, 1.82) is 0 Å². The minimum atomic E-state index is -0.803. The van der Waals surface area contributed by atoms with Crippen molar-refractivity contribution in [2.75, 3.05) is 42.7 Å². The molecule has 4 rings (SSSR count). The smallest absolute Gasteiger partial charge is 0.336 e. The number of carbonyl (C=O) groups is 3. The van der Waals surface area contributed by atoms with Gasteiger partial charge in [0.25, 0.3) is 11.8 Å². The van der Waals surface area contributed by atoms with Crippen LogP contribution in [0.15, 0.2) is 48.0 Å². The molecule has 8 nitrogen and oxygen atoms in total. The molecular weight excluding hydrogens is 410 g/mol. The highest BCUT2D eigenvalue weighted by Crippen LogP contribution is 2.31. The molecule has 0 spiro atoms. The number of nitrogens with zero attached hydrogens (tertiary/aromatic N) is 2. The van der Waals surface area contributed by atoms with Crippen LogP contribution in [0, 0.1) is 6.92 Å². The van der Waals surface area contributed by atoms with Crippen LogP contribution >= 0.6 is 0 Å². The highest BCUT2D eigenvalue weighted by Gasteiger charge is 2.38. The Morgan fingerprint density at radius 1 is 1.06 bits per heavy atom. The van der Waals surface area contributed by atoms with Crippen LogP contribution < -0.4 is 19.9 Å². The summed E-state index contributed by atoms with van der Waals surface area (Å²) in [5, 5.41) is 2.26. The van der Waals surface area contributed by atoms with Crippen LogP contribution in [0.1, 0.15) is 18.1 Å². The van der Waals surface area contributed by atoms with Gasteiger partial charge in [0, 0.05) is 18.8 Å². The van der Waals surface area contributed by atoms with E-state index in [1.165, 1.54) is 6.08 Å². The molecule has 0 bridgehead atoms. The van der Waals surface area contributed by atoms with E-state index < -0.39 is 17.8 Å². The van der Waals surface area contributed by atoms with E-state index in [4.69, 9.17) is 9.47 Å². The molecule has 2 fully saturated rings. The van der Waals surface area contributed by atoms with Gasteiger partial charge in [0.2, 0.25) is 0 Å². The molecule has 166 valence electrons. The lowest BCUT2D eigenvalue weighted by Gasteiger charge is -2.30. The Labute approximate surface area is 186 Å². The summed E-state index contributed by atoms with van der Waals surface area (Å²) in [6.45, 7) is 7.18. The number of imide groups is 2. The molecule has 4 amide bonds. The largest absolute Gasteiger partial charge is 0.492 e. The maximum absolute atomic E-state index is 13.2. The number of rotatable bonds is 5. The topological polar surface area (TPSA) is 88.2 Å². The number of aryl methyl sites for hydroxylation is 1. The summed E-state index contributed by atoms with van der Waals surface area (Å²) in [5.74, 6) is -1.03. The van der Waals surface area contributed by atoms with Gasteiger partial charge in [-0.25, -0.2) is 9.69 Å². The van der Waals surface area contributed by atoms with Crippen molar-refractivity contribution < 1.29 is 23.9 Å². The molecule has 2 aromatic rings. The normalized spacial score (nSPS) is 18.2. The number of barbiturate groups is 1. The minimum Gasteiger partial charge on any atom is -0.492 e. The van der Waals surface area contributed by atoms with Crippen molar-refractivity contribution in [2.45, 2.75) is 13.8 Å². The van der Waals surface area contributed by atoms with E-state index in [9.17, 15) is 14.4 Å². The zero-order valence-electron chi connectivity index (χ0n) is 18.1. The Morgan fingerprint density at radius 3 is 2.53 bits per heavy atom. The zero-order chi connectivity index (χ0) is 22.7. The van der Waals surface area contributed by atoms with Gasteiger partial charge in [-0.3, -0.25) is 14.9 Å². The summed E-state index contributed by atoms with van der Waals surface area (Å²) in [5.41, 5.74) is 2.99. The lowest BCUT2D eigenvalue weighted by atomic mass is 10.0. The second-order valence-electron chi connectivity index (χ2n) is 7.50. The fraction of sp³-hybridized carbons (Fsp3) is 0.292. The maximum atomic E-state index is 13.2. The van der Waals surface area contributed by atoms with Gasteiger partial charge in [-0.05, 0) is 55.3 Å². The van der Waals surface area contributed by atoms with Crippen molar-refractivity contribution in [2.24, 2.45) is 0 Å². The third kappa shape index (κ3) is 4.22. The molecule has 8 heteroatoms. The molecule has 2 aliphatic rings. The molecule has 2 aromatic carbocycles. The number of anilines is 2. The number of morpholine rings is 1. The molecule has 2 aliphatic heterocycles. The zero-order valence-corrected chi connectivity index (χ0v) is 18.1. The van der Waals surface area contributed by atoms with Gasteiger partial charge in [0.05, 0.1) is 25.5 Å². The number of carbonyl (C=O) groups excluding carboxylic acids is 3. The van der Waals surface area contributed by atoms with Crippen molar-refractivity contribution in [1.82, 2.24) is 5.32 Å². The van der Waals surface area contributed by atoms with Gasteiger partial charge in [-0.2, -0.15) is 0 Å². The molecule has 0 radical (unpaired) electrons. The summed E-state index contributed by atoms with van der Waals surface area (Å²) in [6.07, 6.45) is 1.51. The lowest BCUT2D eigenvalue weighted by Crippen LogP contribution is -2.54. The third-order valence-corrected chi connectivity index (χ3v) is 5.39. The van der Waals surface area contributed by atoms with E-state index in [0.29, 0.717) is 31.1 Å². The van der Waals surface area contributed by atoms with Crippen LogP contribution in [0.25, 0.3) is 6.08 Å². The molecule has 2 heterocycles. The molecule has 0 atom stereocenters. The molecular formula is C24H25N3O5. The number of urea groups is 1. The average molecular weight is 435 g/mol. The molecule has 0 saturated carbocycles. The number of amides is 4. The molecule has 2 saturated heterocycles. The minimum absolute atomic E-state index is 0.116. The van der Waals surface area contributed by atoms with Crippen molar-refractivity contribution in [3.63, 3.8) is 0 Å². The van der Waals surface area contributed by atoms with Gasteiger partial charge < -0.3 is 14.4 Å². The number of ether oxygens (including phenoxy) is 2.